The summed E-state index contributed by atoms with van der Waals surface area (Å²) in [5.74, 6) is 2.19. The summed E-state index contributed by atoms with van der Waals surface area (Å²) in [5.41, 5.74) is 1.02. The van der Waals surface area contributed by atoms with E-state index in [1.165, 1.54) is 17.5 Å². The van der Waals surface area contributed by atoms with Crippen LogP contribution in [0.1, 0.15) is 42.9 Å². The average Bonchev–Trinajstić information content (AvgIpc) is 2.82. The molecule has 7 heteroatoms. The van der Waals surface area contributed by atoms with Gasteiger partial charge < -0.3 is 5.32 Å². The first-order chi connectivity index (χ1) is 11.5. The lowest BCUT2D eigenvalue weighted by atomic mass is 9.82. The summed E-state index contributed by atoms with van der Waals surface area (Å²) in [7, 11) is 3.51. The molecule has 2 atom stereocenters. The number of rotatable bonds is 5. The number of aryl methyl sites for hydroxylation is 2. The molecule has 2 aromatic rings. The van der Waals surface area contributed by atoms with Gasteiger partial charge in [-0.15, -0.1) is 0 Å². The molecule has 0 aromatic carbocycles. The fourth-order valence-corrected chi connectivity index (χ4v) is 3.48. The van der Waals surface area contributed by atoms with Crippen LogP contribution in [0.3, 0.4) is 0 Å². The van der Waals surface area contributed by atoms with Crippen LogP contribution in [0.15, 0.2) is 17.2 Å². The summed E-state index contributed by atoms with van der Waals surface area (Å²) in [5, 5.41) is 8.00. The van der Waals surface area contributed by atoms with E-state index >= 15 is 0 Å². The fourth-order valence-electron chi connectivity index (χ4n) is 3.48. The third kappa shape index (κ3) is 3.72. The van der Waals surface area contributed by atoms with Crippen molar-refractivity contribution in [1.29, 1.82) is 0 Å². The molecule has 1 fully saturated rings. The molecule has 1 aliphatic rings. The molecule has 3 rings (SSSR count). The molecule has 1 saturated carbocycles. The van der Waals surface area contributed by atoms with E-state index in [4.69, 9.17) is 0 Å². The van der Waals surface area contributed by atoms with E-state index in [1.54, 1.807) is 18.7 Å². The van der Waals surface area contributed by atoms with Crippen molar-refractivity contribution in [1.82, 2.24) is 29.6 Å². The normalized spacial score (nSPS) is 21.1. The average molecular weight is 330 g/mol. The molecule has 2 aromatic heterocycles. The third-order valence-electron chi connectivity index (χ3n) is 4.93. The van der Waals surface area contributed by atoms with Crippen LogP contribution in [0.5, 0.6) is 0 Å². The third-order valence-corrected chi connectivity index (χ3v) is 4.93. The van der Waals surface area contributed by atoms with Crippen molar-refractivity contribution < 1.29 is 0 Å². The standard InChI is InChI=1S/C17H26N6O/c1-12-9-19-15(20-10-12)11-18-14-7-5-4-6-13(14)8-16-21-23(3)17(24)22(16)2/h9-10,13-14,18H,4-8,11H2,1-3H3/t13-,14-/m1/s1. The molecule has 1 aliphatic carbocycles. The minimum atomic E-state index is -0.0571. The van der Waals surface area contributed by atoms with Gasteiger partial charge in [-0.25, -0.2) is 19.4 Å². The predicted molar refractivity (Wildman–Crippen MR) is 91.5 cm³/mol. The maximum Gasteiger partial charge on any atom is 0.345 e. The highest BCUT2D eigenvalue weighted by molar-refractivity contribution is 5.02. The van der Waals surface area contributed by atoms with Crippen LogP contribution in [0.2, 0.25) is 0 Å². The van der Waals surface area contributed by atoms with Gasteiger partial charge in [0.05, 0.1) is 6.54 Å². The molecule has 0 aliphatic heterocycles. The Labute approximate surface area is 142 Å². The quantitative estimate of drug-likeness (QED) is 0.888. The topological polar surface area (TPSA) is 77.6 Å². The van der Waals surface area contributed by atoms with Crippen molar-refractivity contribution in [2.45, 2.75) is 51.6 Å². The predicted octanol–water partition coefficient (Wildman–Crippen LogP) is 1.11. The van der Waals surface area contributed by atoms with Gasteiger partial charge in [0, 0.05) is 39.0 Å². The maximum absolute atomic E-state index is 11.9. The summed E-state index contributed by atoms with van der Waals surface area (Å²) in [6, 6.07) is 0.417. The molecule has 0 spiro atoms. The largest absolute Gasteiger partial charge is 0.345 e. The molecule has 0 saturated heterocycles. The Balaban J connectivity index is 1.65. The second-order valence-corrected chi connectivity index (χ2v) is 6.79. The van der Waals surface area contributed by atoms with E-state index < -0.39 is 0 Å². The fraction of sp³-hybridized carbons (Fsp3) is 0.647. The molecular formula is C17H26N6O. The minimum Gasteiger partial charge on any atom is -0.307 e. The van der Waals surface area contributed by atoms with Gasteiger partial charge in [-0.05, 0) is 31.2 Å². The first kappa shape index (κ1) is 16.8. The molecule has 2 heterocycles. The minimum absolute atomic E-state index is 0.0571. The first-order valence-corrected chi connectivity index (χ1v) is 8.64. The van der Waals surface area contributed by atoms with Gasteiger partial charge in [0.15, 0.2) is 0 Å². The molecule has 130 valence electrons. The van der Waals surface area contributed by atoms with E-state index in [0.717, 1.165) is 36.5 Å². The number of hydrogen-bond donors (Lipinski definition) is 1. The van der Waals surface area contributed by atoms with Crippen molar-refractivity contribution in [3.05, 3.63) is 40.1 Å². The lowest BCUT2D eigenvalue weighted by Gasteiger charge is -2.32. The van der Waals surface area contributed by atoms with E-state index in [-0.39, 0.29) is 5.69 Å². The Bertz CT molecular complexity index is 733. The van der Waals surface area contributed by atoms with Crippen molar-refractivity contribution in [3.8, 4) is 0 Å². The van der Waals surface area contributed by atoms with Crippen LogP contribution in [0.25, 0.3) is 0 Å². The SMILES string of the molecule is Cc1cnc(CN[C@@H]2CCCC[C@@H]2Cc2nn(C)c(=O)n2C)nc1. The van der Waals surface area contributed by atoms with Crippen LogP contribution in [-0.4, -0.2) is 30.4 Å². The van der Waals surface area contributed by atoms with E-state index in [2.05, 4.69) is 20.4 Å². The van der Waals surface area contributed by atoms with Gasteiger partial charge in [-0.2, -0.15) is 5.10 Å². The van der Waals surface area contributed by atoms with Gasteiger partial charge in [0.25, 0.3) is 0 Å². The number of nitrogens with one attached hydrogen (secondary N) is 1. The highest BCUT2D eigenvalue weighted by Gasteiger charge is 2.27. The Morgan fingerprint density at radius 3 is 2.58 bits per heavy atom. The number of aromatic nitrogens is 5. The van der Waals surface area contributed by atoms with Gasteiger partial charge in [0.2, 0.25) is 0 Å². The van der Waals surface area contributed by atoms with Gasteiger partial charge in [-0.1, -0.05) is 12.8 Å². The second-order valence-electron chi connectivity index (χ2n) is 6.79. The monoisotopic (exact) mass is 330 g/mol. The lowest BCUT2D eigenvalue weighted by molar-refractivity contribution is 0.253. The zero-order valence-electron chi connectivity index (χ0n) is 14.7. The molecule has 24 heavy (non-hydrogen) atoms. The molecule has 0 amide bonds. The second kappa shape index (κ2) is 7.25. The summed E-state index contributed by atoms with van der Waals surface area (Å²) in [6.07, 6.45) is 9.33. The molecule has 7 nitrogen and oxygen atoms in total. The maximum atomic E-state index is 11.9. The molecule has 1 N–H and O–H groups in total. The summed E-state index contributed by atoms with van der Waals surface area (Å²) >= 11 is 0. The summed E-state index contributed by atoms with van der Waals surface area (Å²) in [4.78, 5) is 20.6. The van der Waals surface area contributed by atoms with E-state index in [0.29, 0.717) is 18.5 Å². The number of hydrogen-bond acceptors (Lipinski definition) is 5. The summed E-state index contributed by atoms with van der Waals surface area (Å²) < 4.78 is 3.08. The molecule has 0 unspecified atom stereocenters. The van der Waals surface area contributed by atoms with Crippen molar-refractivity contribution in [3.63, 3.8) is 0 Å². The Kier molecular flexibility index (Phi) is 5.08. The molecule has 0 bridgehead atoms. The van der Waals surface area contributed by atoms with Crippen LogP contribution < -0.4 is 11.0 Å². The van der Waals surface area contributed by atoms with Crippen molar-refractivity contribution >= 4 is 0 Å². The number of nitrogens with zero attached hydrogens (tertiary/aromatic N) is 5. The Morgan fingerprint density at radius 1 is 1.21 bits per heavy atom. The first-order valence-electron chi connectivity index (χ1n) is 8.64. The van der Waals surface area contributed by atoms with Crippen LogP contribution in [0, 0.1) is 12.8 Å². The van der Waals surface area contributed by atoms with Gasteiger partial charge in [0.1, 0.15) is 11.6 Å². The van der Waals surface area contributed by atoms with E-state index in [1.807, 2.05) is 19.3 Å². The highest BCUT2D eigenvalue weighted by Crippen LogP contribution is 2.27. The van der Waals surface area contributed by atoms with Gasteiger partial charge in [-0.3, -0.25) is 4.57 Å². The smallest absolute Gasteiger partial charge is 0.307 e. The van der Waals surface area contributed by atoms with Crippen LogP contribution >= 0.6 is 0 Å². The highest BCUT2D eigenvalue weighted by atomic mass is 16.2. The lowest BCUT2D eigenvalue weighted by Crippen LogP contribution is -2.40. The Hall–Kier alpha value is -2.02. The zero-order chi connectivity index (χ0) is 17.1. The summed E-state index contributed by atoms with van der Waals surface area (Å²) in [6.45, 7) is 2.67. The van der Waals surface area contributed by atoms with Crippen LogP contribution in [-0.2, 0) is 27.1 Å². The zero-order valence-corrected chi connectivity index (χ0v) is 14.7. The molecule has 0 radical (unpaired) electrons. The van der Waals surface area contributed by atoms with Crippen molar-refractivity contribution in [2.24, 2.45) is 20.0 Å². The van der Waals surface area contributed by atoms with Crippen molar-refractivity contribution in [2.75, 3.05) is 0 Å². The van der Waals surface area contributed by atoms with Crippen LogP contribution in [0.4, 0.5) is 0 Å². The van der Waals surface area contributed by atoms with E-state index in [9.17, 15) is 4.79 Å². The Morgan fingerprint density at radius 2 is 1.92 bits per heavy atom. The van der Waals surface area contributed by atoms with Gasteiger partial charge >= 0.3 is 5.69 Å². The molecular weight excluding hydrogens is 304 g/mol.